The van der Waals surface area contributed by atoms with Crippen molar-refractivity contribution in [3.8, 4) is 0 Å². The summed E-state index contributed by atoms with van der Waals surface area (Å²) in [5.41, 5.74) is 0.930. The van der Waals surface area contributed by atoms with Crippen molar-refractivity contribution in [3.63, 3.8) is 0 Å². The first-order valence-corrected chi connectivity index (χ1v) is 7.06. The summed E-state index contributed by atoms with van der Waals surface area (Å²) in [4.78, 5) is 20.0. The molecule has 0 amide bonds. The van der Waals surface area contributed by atoms with Crippen LogP contribution in [-0.4, -0.2) is 38.9 Å². The monoisotopic (exact) mass is 283 g/mol. The Hall–Kier alpha value is -1.14. The SMILES string of the molecule is CNC(C)(CC(C)Sc1nc(C)cc(C)n1)C(=O)O. The Bertz CT molecular complexity index is 447. The van der Waals surface area contributed by atoms with Gasteiger partial charge < -0.3 is 10.4 Å². The fourth-order valence-corrected chi connectivity index (χ4v) is 3.01. The maximum Gasteiger partial charge on any atom is 0.323 e. The lowest BCUT2D eigenvalue weighted by Crippen LogP contribution is -2.49. The molecule has 6 heteroatoms. The fraction of sp³-hybridized carbons (Fsp3) is 0.615. The van der Waals surface area contributed by atoms with Gasteiger partial charge in [-0.1, -0.05) is 18.7 Å². The number of aryl methyl sites for hydroxylation is 2. The minimum atomic E-state index is -0.925. The fourth-order valence-electron chi connectivity index (χ4n) is 1.84. The van der Waals surface area contributed by atoms with Gasteiger partial charge in [-0.2, -0.15) is 0 Å². The minimum Gasteiger partial charge on any atom is -0.480 e. The highest BCUT2D eigenvalue weighted by Gasteiger charge is 2.33. The summed E-state index contributed by atoms with van der Waals surface area (Å²) >= 11 is 1.51. The highest BCUT2D eigenvalue weighted by Crippen LogP contribution is 2.26. The summed E-state index contributed by atoms with van der Waals surface area (Å²) in [6.07, 6.45) is 0.500. The number of hydrogen-bond acceptors (Lipinski definition) is 5. The molecule has 0 fully saturated rings. The van der Waals surface area contributed by atoms with E-state index in [1.165, 1.54) is 11.8 Å². The van der Waals surface area contributed by atoms with Gasteiger partial charge in [0.15, 0.2) is 5.16 Å². The molecule has 0 saturated carbocycles. The van der Waals surface area contributed by atoms with Gasteiger partial charge in [-0.3, -0.25) is 4.79 Å². The van der Waals surface area contributed by atoms with E-state index >= 15 is 0 Å². The molecule has 106 valence electrons. The van der Waals surface area contributed by atoms with Gasteiger partial charge >= 0.3 is 5.97 Å². The molecule has 5 nitrogen and oxygen atoms in total. The molecule has 0 bridgehead atoms. The first-order chi connectivity index (χ1) is 8.76. The smallest absolute Gasteiger partial charge is 0.323 e. The van der Waals surface area contributed by atoms with Gasteiger partial charge in [0.2, 0.25) is 0 Å². The van der Waals surface area contributed by atoms with Crippen molar-refractivity contribution >= 4 is 17.7 Å². The first kappa shape index (κ1) is 15.9. The van der Waals surface area contributed by atoms with Crippen LogP contribution in [0.5, 0.6) is 0 Å². The third-order valence-corrected chi connectivity index (χ3v) is 3.95. The summed E-state index contributed by atoms with van der Waals surface area (Å²) in [5.74, 6) is -0.844. The Morgan fingerprint density at radius 3 is 2.42 bits per heavy atom. The Balaban J connectivity index is 2.74. The predicted octanol–water partition coefficient (Wildman–Crippen LogP) is 2.03. The van der Waals surface area contributed by atoms with Crippen molar-refractivity contribution in [1.82, 2.24) is 15.3 Å². The van der Waals surface area contributed by atoms with Gasteiger partial charge in [-0.25, -0.2) is 9.97 Å². The van der Waals surface area contributed by atoms with Gasteiger partial charge in [0.05, 0.1) is 0 Å². The topological polar surface area (TPSA) is 75.1 Å². The van der Waals surface area contributed by atoms with Crippen LogP contribution in [0.15, 0.2) is 11.2 Å². The highest BCUT2D eigenvalue weighted by atomic mass is 32.2. The van der Waals surface area contributed by atoms with Crippen LogP contribution in [0.2, 0.25) is 0 Å². The van der Waals surface area contributed by atoms with E-state index in [9.17, 15) is 9.90 Å². The standard InChI is InChI=1S/C13H21N3O2S/c1-8-6-9(2)16-12(15-8)19-10(3)7-13(4,14-5)11(17)18/h6,10,14H,7H2,1-5H3,(H,17,18). The van der Waals surface area contributed by atoms with E-state index in [0.717, 1.165) is 11.4 Å². The van der Waals surface area contributed by atoms with E-state index in [-0.39, 0.29) is 5.25 Å². The number of nitrogens with zero attached hydrogens (tertiary/aromatic N) is 2. The second kappa shape index (κ2) is 6.34. The third-order valence-electron chi connectivity index (χ3n) is 2.99. The van der Waals surface area contributed by atoms with E-state index in [1.807, 2.05) is 26.8 Å². The molecule has 1 aromatic rings. The number of thioether (sulfide) groups is 1. The average molecular weight is 283 g/mol. The molecule has 1 rings (SSSR count). The van der Waals surface area contributed by atoms with Gasteiger partial charge in [0.25, 0.3) is 0 Å². The van der Waals surface area contributed by atoms with Crippen LogP contribution in [0.3, 0.4) is 0 Å². The van der Waals surface area contributed by atoms with E-state index in [0.29, 0.717) is 11.6 Å². The zero-order valence-electron chi connectivity index (χ0n) is 12.0. The zero-order valence-corrected chi connectivity index (χ0v) is 12.8. The third kappa shape index (κ3) is 4.47. The van der Waals surface area contributed by atoms with Crippen LogP contribution in [0, 0.1) is 13.8 Å². The lowest BCUT2D eigenvalue weighted by atomic mass is 9.97. The van der Waals surface area contributed by atoms with Crippen molar-refractivity contribution in [2.45, 2.75) is 50.1 Å². The molecule has 1 aromatic heterocycles. The second-order valence-electron chi connectivity index (χ2n) is 4.95. The van der Waals surface area contributed by atoms with Crippen LogP contribution in [-0.2, 0) is 4.79 Å². The van der Waals surface area contributed by atoms with Gasteiger partial charge in [-0.15, -0.1) is 0 Å². The maximum atomic E-state index is 11.2. The molecule has 0 radical (unpaired) electrons. The van der Waals surface area contributed by atoms with E-state index in [1.54, 1.807) is 14.0 Å². The molecule has 0 aliphatic carbocycles. The molecule has 0 saturated heterocycles. The molecule has 0 spiro atoms. The number of rotatable bonds is 6. The lowest BCUT2D eigenvalue weighted by molar-refractivity contribution is -0.144. The van der Waals surface area contributed by atoms with Crippen molar-refractivity contribution in [1.29, 1.82) is 0 Å². The number of aliphatic carboxylic acids is 1. The van der Waals surface area contributed by atoms with Crippen molar-refractivity contribution < 1.29 is 9.90 Å². The summed E-state index contributed by atoms with van der Waals surface area (Å²) < 4.78 is 0. The Labute approximate surface area is 118 Å². The Kier molecular flexibility index (Phi) is 5.31. The van der Waals surface area contributed by atoms with E-state index in [2.05, 4.69) is 15.3 Å². The lowest BCUT2D eigenvalue weighted by Gasteiger charge is -2.26. The molecule has 0 aromatic carbocycles. The van der Waals surface area contributed by atoms with Gasteiger partial charge in [-0.05, 0) is 40.3 Å². The first-order valence-electron chi connectivity index (χ1n) is 6.18. The summed E-state index contributed by atoms with van der Waals surface area (Å²) in [5, 5.41) is 12.9. The second-order valence-corrected chi connectivity index (χ2v) is 6.36. The highest BCUT2D eigenvalue weighted by molar-refractivity contribution is 7.99. The molecular weight excluding hydrogens is 262 g/mol. The number of carbonyl (C=O) groups is 1. The number of aromatic nitrogens is 2. The minimum absolute atomic E-state index is 0.106. The number of nitrogens with one attached hydrogen (secondary N) is 1. The Morgan fingerprint density at radius 1 is 1.47 bits per heavy atom. The molecule has 19 heavy (non-hydrogen) atoms. The Morgan fingerprint density at radius 2 is 2.00 bits per heavy atom. The summed E-state index contributed by atoms with van der Waals surface area (Å²) in [6.45, 7) is 7.54. The van der Waals surface area contributed by atoms with Crippen LogP contribution in [0.25, 0.3) is 0 Å². The van der Waals surface area contributed by atoms with Crippen molar-refractivity contribution in [3.05, 3.63) is 17.5 Å². The number of carboxylic acids is 1. The molecule has 2 N–H and O–H groups in total. The van der Waals surface area contributed by atoms with Crippen LogP contribution in [0.4, 0.5) is 0 Å². The molecule has 2 unspecified atom stereocenters. The van der Waals surface area contributed by atoms with E-state index in [4.69, 9.17) is 0 Å². The van der Waals surface area contributed by atoms with Crippen LogP contribution in [0.1, 0.15) is 31.7 Å². The number of hydrogen-bond donors (Lipinski definition) is 2. The van der Waals surface area contributed by atoms with Gasteiger partial charge in [0.1, 0.15) is 5.54 Å². The van der Waals surface area contributed by atoms with E-state index < -0.39 is 11.5 Å². The predicted molar refractivity (Wildman–Crippen MR) is 76.5 cm³/mol. The summed E-state index contributed by atoms with van der Waals surface area (Å²) in [6, 6.07) is 1.92. The van der Waals surface area contributed by atoms with Crippen LogP contribution < -0.4 is 5.32 Å². The molecule has 0 aliphatic rings. The maximum absolute atomic E-state index is 11.2. The summed E-state index contributed by atoms with van der Waals surface area (Å²) in [7, 11) is 1.67. The normalized spacial score (nSPS) is 15.8. The molecule has 0 aliphatic heterocycles. The number of carboxylic acid groups (broad SMARTS) is 1. The quantitative estimate of drug-likeness (QED) is 0.614. The van der Waals surface area contributed by atoms with Crippen molar-refractivity contribution in [2.24, 2.45) is 0 Å². The molecule has 2 atom stereocenters. The number of likely N-dealkylation sites (N-methyl/N-ethyl adjacent to an activating group) is 1. The molecule has 1 heterocycles. The molecular formula is C13H21N3O2S. The van der Waals surface area contributed by atoms with Crippen LogP contribution >= 0.6 is 11.8 Å². The van der Waals surface area contributed by atoms with Crippen molar-refractivity contribution in [2.75, 3.05) is 7.05 Å². The van der Waals surface area contributed by atoms with Gasteiger partial charge in [0, 0.05) is 16.6 Å². The zero-order chi connectivity index (χ0) is 14.6. The largest absolute Gasteiger partial charge is 0.480 e. The average Bonchev–Trinajstić information content (AvgIpc) is 2.26.